The van der Waals surface area contributed by atoms with Crippen molar-refractivity contribution in [1.82, 2.24) is 0 Å². The molecule has 1 unspecified atom stereocenters. The highest BCUT2D eigenvalue weighted by atomic mass is 14.3. The van der Waals surface area contributed by atoms with Gasteiger partial charge in [-0.2, -0.15) is 5.26 Å². The summed E-state index contributed by atoms with van der Waals surface area (Å²) in [6, 6.07) is 12.5. The van der Waals surface area contributed by atoms with Crippen molar-refractivity contribution < 1.29 is 0 Å². The molecule has 0 radical (unpaired) electrons. The minimum atomic E-state index is 0.0860. The predicted molar refractivity (Wildman–Crippen MR) is 68.2 cm³/mol. The van der Waals surface area contributed by atoms with Crippen LogP contribution in [0.4, 0.5) is 0 Å². The average Bonchev–Trinajstić information content (AvgIpc) is 2.35. The zero-order valence-electron chi connectivity index (χ0n) is 10.2. The first-order valence-corrected chi connectivity index (χ1v) is 6.33. The van der Waals surface area contributed by atoms with E-state index in [1.54, 1.807) is 0 Å². The van der Waals surface area contributed by atoms with E-state index >= 15 is 0 Å². The van der Waals surface area contributed by atoms with E-state index in [4.69, 9.17) is 5.26 Å². The Bertz CT molecular complexity index is 310. The second-order valence-corrected chi connectivity index (χ2v) is 4.30. The molecular weight excluding hydrogens is 194 g/mol. The molecule has 0 saturated heterocycles. The van der Waals surface area contributed by atoms with E-state index in [2.05, 4.69) is 25.1 Å². The van der Waals surface area contributed by atoms with Crippen LogP contribution in [0.15, 0.2) is 30.3 Å². The van der Waals surface area contributed by atoms with Crippen LogP contribution in [0.2, 0.25) is 0 Å². The Kier molecular flexibility index (Phi) is 6.33. The SMILES string of the molecule is CCCCCCCC(C#N)c1ccccc1. The molecule has 0 spiro atoms. The molecule has 0 amide bonds. The molecule has 0 aliphatic rings. The average molecular weight is 215 g/mol. The molecule has 0 aliphatic heterocycles. The molecule has 0 saturated carbocycles. The highest BCUT2D eigenvalue weighted by Crippen LogP contribution is 2.21. The fraction of sp³-hybridized carbons (Fsp3) is 0.533. The second-order valence-electron chi connectivity index (χ2n) is 4.30. The van der Waals surface area contributed by atoms with Gasteiger partial charge >= 0.3 is 0 Å². The van der Waals surface area contributed by atoms with E-state index in [0.717, 1.165) is 6.42 Å². The summed E-state index contributed by atoms with van der Waals surface area (Å²) in [5, 5.41) is 9.13. The molecular formula is C15H21N. The first-order chi connectivity index (χ1) is 7.88. The first kappa shape index (κ1) is 12.8. The van der Waals surface area contributed by atoms with Crippen molar-refractivity contribution >= 4 is 0 Å². The van der Waals surface area contributed by atoms with Gasteiger partial charge in [0.2, 0.25) is 0 Å². The van der Waals surface area contributed by atoms with Gasteiger partial charge in [-0.05, 0) is 12.0 Å². The Morgan fingerprint density at radius 1 is 1.06 bits per heavy atom. The van der Waals surface area contributed by atoms with E-state index in [1.165, 1.54) is 37.7 Å². The largest absolute Gasteiger partial charge is 0.198 e. The van der Waals surface area contributed by atoms with Gasteiger partial charge in [0.1, 0.15) is 0 Å². The van der Waals surface area contributed by atoms with Gasteiger partial charge in [0.15, 0.2) is 0 Å². The molecule has 0 aromatic heterocycles. The van der Waals surface area contributed by atoms with Gasteiger partial charge in [-0.1, -0.05) is 69.4 Å². The summed E-state index contributed by atoms with van der Waals surface area (Å²) in [6.45, 7) is 2.22. The van der Waals surface area contributed by atoms with Crippen LogP contribution >= 0.6 is 0 Å². The Labute approximate surface area is 99.1 Å². The molecule has 0 aliphatic carbocycles. The van der Waals surface area contributed by atoms with Crippen LogP contribution in [0, 0.1) is 11.3 Å². The third kappa shape index (κ3) is 4.49. The monoisotopic (exact) mass is 215 g/mol. The van der Waals surface area contributed by atoms with E-state index in [9.17, 15) is 0 Å². The van der Waals surface area contributed by atoms with Crippen LogP contribution < -0.4 is 0 Å². The Hall–Kier alpha value is -1.29. The van der Waals surface area contributed by atoms with Crippen molar-refractivity contribution in [2.24, 2.45) is 0 Å². The maximum atomic E-state index is 9.13. The molecule has 16 heavy (non-hydrogen) atoms. The highest BCUT2D eigenvalue weighted by Gasteiger charge is 2.08. The van der Waals surface area contributed by atoms with Gasteiger partial charge in [0.05, 0.1) is 12.0 Å². The summed E-state index contributed by atoms with van der Waals surface area (Å²) in [5.41, 5.74) is 1.17. The fourth-order valence-electron chi connectivity index (χ4n) is 1.94. The lowest BCUT2D eigenvalue weighted by Gasteiger charge is -2.08. The molecule has 0 bridgehead atoms. The van der Waals surface area contributed by atoms with E-state index in [-0.39, 0.29) is 5.92 Å². The maximum absolute atomic E-state index is 9.13. The molecule has 1 heteroatoms. The van der Waals surface area contributed by atoms with Crippen LogP contribution in [0.1, 0.15) is 56.9 Å². The van der Waals surface area contributed by atoms with Crippen LogP contribution in [0.5, 0.6) is 0 Å². The highest BCUT2D eigenvalue weighted by molar-refractivity contribution is 5.24. The number of hydrogen-bond donors (Lipinski definition) is 0. The lowest BCUT2D eigenvalue weighted by Crippen LogP contribution is -1.95. The van der Waals surface area contributed by atoms with Gasteiger partial charge in [-0.15, -0.1) is 0 Å². The topological polar surface area (TPSA) is 23.8 Å². The van der Waals surface area contributed by atoms with Crippen molar-refractivity contribution in [2.45, 2.75) is 51.4 Å². The minimum Gasteiger partial charge on any atom is -0.198 e. The number of rotatable bonds is 7. The molecule has 0 heterocycles. The number of nitrogens with zero attached hydrogens (tertiary/aromatic N) is 1. The first-order valence-electron chi connectivity index (χ1n) is 6.33. The summed E-state index contributed by atoms with van der Waals surface area (Å²) in [5.74, 6) is 0.0860. The zero-order chi connectivity index (χ0) is 11.6. The zero-order valence-corrected chi connectivity index (χ0v) is 10.2. The normalized spacial score (nSPS) is 12.0. The summed E-state index contributed by atoms with van der Waals surface area (Å²) >= 11 is 0. The molecule has 1 atom stereocenters. The number of benzene rings is 1. The molecule has 1 aromatic carbocycles. The lowest BCUT2D eigenvalue weighted by molar-refractivity contribution is 0.589. The summed E-state index contributed by atoms with van der Waals surface area (Å²) in [4.78, 5) is 0. The van der Waals surface area contributed by atoms with Crippen LogP contribution in [-0.2, 0) is 0 Å². The molecule has 1 nitrogen and oxygen atoms in total. The molecule has 86 valence electrons. The number of hydrogen-bond acceptors (Lipinski definition) is 1. The third-order valence-electron chi connectivity index (χ3n) is 2.95. The van der Waals surface area contributed by atoms with Crippen molar-refractivity contribution in [2.75, 3.05) is 0 Å². The summed E-state index contributed by atoms with van der Waals surface area (Å²) in [7, 11) is 0. The van der Waals surface area contributed by atoms with Gasteiger partial charge in [-0.25, -0.2) is 0 Å². The molecule has 1 aromatic rings. The quantitative estimate of drug-likeness (QED) is 0.607. The molecule has 0 fully saturated rings. The lowest BCUT2D eigenvalue weighted by atomic mass is 9.94. The standard InChI is InChI=1S/C15H21N/c1-2-3-4-5-7-12-15(13-16)14-10-8-6-9-11-14/h6,8-11,15H,2-5,7,12H2,1H3. The van der Waals surface area contributed by atoms with E-state index in [0.29, 0.717) is 0 Å². The van der Waals surface area contributed by atoms with Crippen molar-refractivity contribution in [3.8, 4) is 6.07 Å². The fourth-order valence-corrected chi connectivity index (χ4v) is 1.94. The van der Waals surface area contributed by atoms with Gasteiger partial charge in [0, 0.05) is 0 Å². The smallest absolute Gasteiger partial charge is 0.0712 e. The molecule has 0 N–H and O–H groups in total. The minimum absolute atomic E-state index is 0.0860. The summed E-state index contributed by atoms with van der Waals surface area (Å²) < 4.78 is 0. The summed E-state index contributed by atoms with van der Waals surface area (Å²) in [6.07, 6.45) is 7.35. The maximum Gasteiger partial charge on any atom is 0.0712 e. The van der Waals surface area contributed by atoms with Gasteiger partial charge in [-0.3, -0.25) is 0 Å². The van der Waals surface area contributed by atoms with Crippen LogP contribution in [0.25, 0.3) is 0 Å². The van der Waals surface area contributed by atoms with Crippen LogP contribution in [0.3, 0.4) is 0 Å². The Balaban J connectivity index is 2.31. The van der Waals surface area contributed by atoms with Crippen molar-refractivity contribution in [1.29, 1.82) is 5.26 Å². The van der Waals surface area contributed by atoms with Crippen molar-refractivity contribution in [3.63, 3.8) is 0 Å². The number of unbranched alkanes of at least 4 members (excludes halogenated alkanes) is 4. The van der Waals surface area contributed by atoms with Gasteiger partial charge in [0.25, 0.3) is 0 Å². The number of nitriles is 1. The third-order valence-corrected chi connectivity index (χ3v) is 2.95. The van der Waals surface area contributed by atoms with Crippen LogP contribution in [-0.4, -0.2) is 0 Å². The molecule has 1 rings (SSSR count). The predicted octanol–water partition coefficient (Wildman–Crippen LogP) is 4.65. The van der Waals surface area contributed by atoms with Gasteiger partial charge < -0.3 is 0 Å². The second kappa shape index (κ2) is 7.93. The Morgan fingerprint density at radius 3 is 2.38 bits per heavy atom. The van der Waals surface area contributed by atoms with E-state index in [1.807, 2.05) is 18.2 Å². The van der Waals surface area contributed by atoms with E-state index < -0.39 is 0 Å². The Morgan fingerprint density at radius 2 is 1.75 bits per heavy atom. The van der Waals surface area contributed by atoms with Crippen molar-refractivity contribution in [3.05, 3.63) is 35.9 Å².